The number of carbonyl (C=O) groups is 4. The number of halogens is 6. The molecule has 15 heterocycles. The largest absolute Gasteiger partial charge is 0.507 e. The number of amides is 3. The lowest BCUT2D eigenvalue weighted by molar-refractivity contribution is -0.127. The fourth-order valence-electron chi connectivity index (χ4n) is 17.8. The lowest BCUT2D eigenvalue weighted by atomic mass is 10.0. The van der Waals surface area contributed by atoms with E-state index in [1.54, 1.807) is 77.2 Å². The summed E-state index contributed by atoms with van der Waals surface area (Å²) in [5, 5.41) is 30.7. The molecule has 9 aromatic heterocycles. The third-order valence-electron chi connectivity index (χ3n) is 23.8. The number of hydrogen-bond donors (Lipinski definition) is 3. The van der Waals surface area contributed by atoms with Crippen molar-refractivity contribution < 1.29 is 78.2 Å². The smallest absolute Gasteiger partial charge is 0.357 e. The number of aromatic nitrogens is 12. The van der Waals surface area contributed by atoms with E-state index < -0.39 is 181 Å². The molecule has 0 aliphatic carbocycles. The monoisotopic (exact) mass is 1830 g/mol. The molecule has 131 heavy (non-hydrogen) atoms. The van der Waals surface area contributed by atoms with Crippen molar-refractivity contribution in [3.05, 3.63) is 235 Å². The van der Waals surface area contributed by atoms with E-state index in [0.717, 1.165) is 50.1 Å². The molecular formula is C91H84F6N18O14S2. The molecule has 0 spiro atoms. The van der Waals surface area contributed by atoms with E-state index in [1.807, 2.05) is 41.5 Å². The van der Waals surface area contributed by atoms with E-state index in [2.05, 4.69) is 64.6 Å². The zero-order chi connectivity index (χ0) is 93.8. The molecule has 6 aliphatic rings. The lowest BCUT2D eigenvalue weighted by Crippen LogP contribution is -2.57. The van der Waals surface area contributed by atoms with Gasteiger partial charge in [0.25, 0.3) is 0 Å². The summed E-state index contributed by atoms with van der Waals surface area (Å²) in [6.45, 7) is 28.1. The first-order valence-corrected chi connectivity index (χ1v) is 44.5. The van der Waals surface area contributed by atoms with Gasteiger partial charge in [0.1, 0.15) is 97.4 Å². The Bertz CT molecular complexity index is 7220. The average Bonchev–Trinajstić information content (AvgIpc) is 1.68. The van der Waals surface area contributed by atoms with E-state index in [1.165, 1.54) is 46.2 Å². The number of esters is 1. The minimum absolute atomic E-state index is 0.0213. The highest BCUT2D eigenvalue weighted by atomic mass is 32.2. The summed E-state index contributed by atoms with van der Waals surface area (Å²) < 4.78 is 147. The minimum atomic E-state index is -4.39. The topological polar surface area (TPSA) is 391 Å². The number of aryl methyl sites for hydroxylation is 3. The van der Waals surface area contributed by atoms with Gasteiger partial charge in [-0.15, -0.1) is 0 Å². The zero-order valence-corrected chi connectivity index (χ0v) is 73.6. The fourth-order valence-corrected chi connectivity index (χ4v) is 20.8. The highest BCUT2D eigenvalue weighted by Crippen LogP contribution is 2.48. The van der Waals surface area contributed by atoms with Gasteiger partial charge in [-0.05, 0) is 128 Å². The molecule has 4 unspecified atom stereocenters. The number of piperazine rings is 3. The van der Waals surface area contributed by atoms with Crippen molar-refractivity contribution >= 4 is 94.5 Å². The summed E-state index contributed by atoms with van der Waals surface area (Å²) in [7, 11) is -6.30. The van der Waals surface area contributed by atoms with Crippen LogP contribution in [0.5, 0.6) is 17.2 Å². The molecule has 0 bridgehead atoms. The number of cyclic esters (lactones) is 1. The summed E-state index contributed by atoms with van der Waals surface area (Å²) in [6.07, 6.45) is 8.21. The Morgan fingerprint density at radius 1 is 0.466 bits per heavy atom. The third kappa shape index (κ3) is 15.5. The number of phenolic OH excluding ortho intramolecular Hbond substituents is 3. The molecule has 6 aliphatic heterocycles. The maximum Gasteiger partial charge on any atom is 0.357 e. The van der Waals surface area contributed by atoms with Gasteiger partial charge in [-0.2, -0.15) is 15.0 Å². The van der Waals surface area contributed by atoms with Crippen molar-refractivity contribution in [1.82, 2.24) is 73.3 Å². The Hall–Kier alpha value is -14.4. The molecular weight excluding hydrogens is 1750 g/mol. The van der Waals surface area contributed by atoms with E-state index >= 15 is 26.3 Å². The van der Waals surface area contributed by atoms with Crippen LogP contribution < -0.4 is 31.8 Å². The van der Waals surface area contributed by atoms with Crippen LogP contribution in [0.1, 0.15) is 104 Å². The van der Waals surface area contributed by atoms with Crippen LogP contribution >= 0.6 is 0 Å². The molecule has 40 heteroatoms. The van der Waals surface area contributed by atoms with E-state index in [4.69, 9.17) is 4.74 Å². The Morgan fingerprint density at radius 2 is 0.817 bits per heavy atom. The molecule has 3 saturated heterocycles. The van der Waals surface area contributed by atoms with Gasteiger partial charge in [0, 0.05) is 77.5 Å². The van der Waals surface area contributed by atoms with Crippen LogP contribution in [0.3, 0.4) is 0 Å². The predicted octanol–water partition coefficient (Wildman–Crippen LogP) is 10.5. The van der Waals surface area contributed by atoms with Crippen LogP contribution in [-0.4, -0.2) is 220 Å². The second kappa shape index (κ2) is 34.9. The number of anilines is 3. The summed E-state index contributed by atoms with van der Waals surface area (Å²) in [4.78, 5) is 142. The number of aromatic hydroxyl groups is 3. The van der Waals surface area contributed by atoms with Gasteiger partial charge in [0.15, 0.2) is 38.0 Å². The number of rotatable bonds is 12. The third-order valence-corrected chi connectivity index (χ3v) is 27.0. The van der Waals surface area contributed by atoms with Crippen LogP contribution in [0.25, 0.3) is 83.5 Å². The minimum Gasteiger partial charge on any atom is -0.507 e. The molecule has 3 aromatic carbocycles. The highest BCUT2D eigenvalue weighted by molar-refractivity contribution is 7.91. The molecule has 12 aromatic rings. The van der Waals surface area contributed by atoms with Crippen molar-refractivity contribution in [1.29, 1.82) is 0 Å². The van der Waals surface area contributed by atoms with Gasteiger partial charge in [-0.3, -0.25) is 47.2 Å². The first-order chi connectivity index (χ1) is 62.4. The van der Waals surface area contributed by atoms with Crippen LogP contribution in [0, 0.1) is 55.7 Å². The number of fused-ring (bicyclic) bond motifs is 6. The molecule has 18 rings (SSSR count). The number of benzene rings is 3. The van der Waals surface area contributed by atoms with E-state index in [0.29, 0.717) is 39.5 Å². The van der Waals surface area contributed by atoms with Crippen LogP contribution in [0.4, 0.5) is 43.8 Å². The Balaban J connectivity index is 0.000000144. The molecule has 0 saturated carbocycles. The van der Waals surface area contributed by atoms with E-state index in [9.17, 15) is 61.5 Å². The van der Waals surface area contributed by atoms with Crippen molar-refractivity contribution in [2.45, 2.75) is 108 Å². The fraction of sp³-hybridized carbons (Fsp3) is 0.297. The highest BCUT2D eigenvalue weighted by Gasteiger charge is 2.46. The van der Waals surface area contributed by atoms with Crippen molar-refractivity contribution in [2.24, 2.45) is 0 Å². The standard InChI is InChI=1S/C31H28F2N6O5.C30H28F2N6O5S.C30H28F2N6O4S/c1-5-20(41)37-11-12-38-17(13-37)14-44-30(42)26-22-28(23(33)25(35-26)21-18(32)7-6-8-19(21)40)39(31(43)36-29(22)38)27-16(4)9-10-34-24(27)15(2)3;1-5-20(40)36-11-12-37-17(13-36)14-44(42,43)29-22-27(23(32)25(34-29)21-18(31)7-6-8-19(21)39)38(30(41)35-28(22)37)26-16(4)9-10-33-24(26)15(2)3;1-5-20(40)36-11-12-37-17(13-36)14-43(42)29-22-27(23(32)25(34-29)21-18(31)7-6-8-19(21)39)38(30(41)35-28(22)37)26-16(4)9-10-33-24(26)15(2)3/h5-10,15,17,40H,1,11-14H2,2-4H3;5-10,15,17,39H,1,11-14H2,2-4H3;5-10,15,17,39H,1,11-14H2,2-4H3. The molecule has 3 fully saturated rings. The van der Waals surface area contributed by atoms with Gasteiger partial charge < -0.3 is 49.5 Å². The number of ether oxygens (including phenoxy) is 1. The SMILES string of the molecule is C=CC(=O)N1CCN2c3nc(=O)n(-c4c(C)ccnc4C(C)C)c4c(F)c(-c5c(O)cccc5F)nc(c34)C(=O)OCC2C1.C=CC(=O)N1CCN2c3nc(=O)n(-c4c(C)ccnc4C(C)C)c4c(F)c(-c5c(O)cccc5F)nc(c34)S(=O)(=O)CC2C1.C=CC(=O)N1CCN2c3nc(=O)n(-c4c(C)ccnc4C(C)C)c4c(F)c(-c5c(O)cccc5F)nc(c34)S(=O)CC2C1. The van der Waals surface area contributed by atoms with Crippen LogP contribution in [0.2, 0.25) is 0 Å². The first-order valence-electron chi connectivity index (χ1n) is 41.5. The Labute approximate surface area is 745 Å². The molecule has 3 N–H and O–H groups in total. The summed E-state index contributed by atoms with van der Waals surface area (Å²) in [5.41, 5.74) is -4.22. The molecule has 32 nitrogen and oxygen atoms in total. The van der Waals surface area contributed by atoms with Crippen LogP contribution in [-0.2, 0) is 39.8 Å². The summed E-state index contributed by atoms with van der Waals surface area (Å²) in [5.74, 6) is -11.6. The second-order valence-electron chi connectivity index (χ2n) is 33.0. The Kier molecular flexibility index (Phi) is 23.9. The lowest BCUT2D eigenvalue weighted by Gasteiger charge is -2.42. The molecule has 3 amide bonds. The van der Waals surface area contributed by atoms with Gasteiger partial charge in [0.05, 0.1) is 107 Å². The number of sulfone groups is 1. The first kappa shape index (κ1) is 89.9. The molecule has 0 radical (unpaired) electrons. The Morgan fingerprint density at radius 3 is 1.22 bits per heavy atom. The molecule has 676 valence electrons. The van der Waals surface area contributed by atoms with Crippen LogP contribution in [0.15, 0.2) is 154 Å². The number of pyridine rings is 6. The van der Waals surface area contributed by atoms with E-state index in [-0.39, 0.29) is 156 Å². The number of phenols is 3. The zero-order valence-electron chi connectivity index (χ0n) is 71.9. The van der Waals surface area contributed by atoms with Crippen molar-refractivity contribution in [2.75, 3.05) is 91.7 Å². The van der Waals surface area contributed by atoms with Gasteiger partial charge >= 0.3 is 23.0 Å². The van der Waals surface area contributed by atoms with Gasteiger partial charge in [0.2, 0.25) is 17.7 Å². The predicted molar refractivity (Wildman–Crippen MR) is 474 cm³/mol. The summed E-state index contributed by atoms with van der Waals surface area (Å²) in [6, 6.07) is 13.2. The van der Waals surface area contributed by atoms with Crippen molar-refractivity contribution in [3.8, 4) is 68.1 Å². The molecule has 4 atom stereocenters. The normalized spacial score (nSPS) is 17.3. The summed E-state index contributed by atoms with van der Waals surface area (Å²) >= 11 is 0. The number of carbonyl (C=O) groups excluding carboxylic acids is 4. The van der Waals surface area contributed by atoms with Gasteiger partial charge in [-0.25, -0.2) is 68.9 Å². The maximum absolute atomic E-state index is 17.0. The quantitative estimate of drug-likeness (QED) is 0.0581. The van der Waals surface area contributed by atoms with Crippen molar-refractivity contribution in [3.63, 3.8) is 0 Å². The van der Waals surface area contributed by atoms with Gasteiger partial charge in [-0.1, -0.05) is 79.5 Å². The average molecular weight is 1830 g/mol. The maximum atomic E-state index is 17.0. The number of hydrogen-bond acceptors (Lipinski definition) is 26. The second-order valence-corrected chi connectivity index (χ2v) is 36.3. The number of nitrogens with zero attached hydrogens (tertiary/aromatic N) is 18.